The van der Waals surface area contributed by atoms with Crippen molar-refractivity contribution in [3.05, 3.63) is 89.0 Å². The molecular weight excluding hydrogens is 375 g/mol. The lowest BCUT2D eigenvalue weighted by molar-refractivity contribution is 0.432. The van der Waals surface area contributed by atoms with E-state index in [-0.39, 0.29) is 23.9 Å². The van der Waals surface area contributed by atoms with Gasteiger partial charge in [-0.25, -0.2) is 18.3 Å². The van der Waals surface area contributed by atoms with Crippen molar-refractivity contribution in [2.45, 2.75) is 6.54 Å². The second-order valence-corrected chi connectivity index (χ2v) is 6.31. The number of nitrogens with zero attached hydrogens (tertiary/aromatic N) is 6. The van der Waals surface area contributed by atoms with Crippen molar-refractivity contribution in [1.29, 1.82) is 0 Å². The van der Waals surface area contributed by atoms with Gasteiger partial charge in [-0.1, -0.05) is 23.4 Å². The van der Waals surface area contributed by atoms with E-state index in [1.54, 1.807) is 42.7 Å². The van der Waals surface area contributed by atoms with Gasteiger partial charge < -0.3 is 4.52 Å². The molecule has 0 fully saturated rings. The minimum atomic E-state index is -0.393. The number of benzene rings is 1. The molecule has 0 aliphatic carbocycles. The Bertz CT molecular complexity index is 1370. The molecule has 0 radical (unpaired) electrons. The van der Waals surface area contributed by atoms with Gasteiger partial charge in [-0.15, -0.1) is 5.10 Å². The monoisotopic (exact) mass is 388 g/mol. The van der Waals surface area contributed by atoms with Gasteiger partial charge in [0.05, 0.1) is 17.8 Å². The van der Waals surface area contributed by atoms with E-state index in [1.165, 1.54) is 21.2 Å². The molecule has 0 bridgehead atoms. The highest BCUT2D eigenvalue weighted by Crippen LogP contribution is 2.24. The smallest absolute Gasteiger partial charge is 0.333 e. The van der Waals surface area contributed by atoms with Gasteiger partial charge in [0, 0.05) is 18.0 Å². The minimum absolute atomic E-state index is 0.185. The molecule has 5 rings (SSSR count). The fourth-order valence-electron chi connectivity index (χ4n) is 3.03. The molecule has 0 aliphatic rings. The lowest BCUT2D eigenvalue weighted by atomic mass is 10.2. The van der Waals surface area contributed by atoms with Gasteiger partial charge in [0.1, 0.15) is 5.82 Å². The van der Waals surface area contributed by atoms with Gasteiger partial charge >= 0.3 is 5.69 Å². The molecule has 9 heteroatoms. The van der Waals surface area contributed by atoms with Crippen molar-refractivity contribution in [2.24, 2.45) is 0 Å². The average molecular weight is 388 g/mol. The first-order valence-corrected chi connectivity index (χ1v) is 8.77. The largest absolute Gasteiger partial charge is 0.350 e. The Morgan fingerprint density at radius 1 is 1.07 bits per heavy atom. The topological polar surface area (TPSA) is 91.1 Å². The third-order valence-electron chi connectivity index (χ3n) is 4.39. The van der Waals surface area contributed by atoms with Crippen molar-refractivity contribution in [3.63, 3.8) is 0 Å². The molecule has 0 atom stereocenters. The summed E-state index contributed by atoms with van der Waals surface area (Å²) in [5, 5.41) is 8.34. The predicted octanol–water partition coefficient (Wildman–Crippen LogP) is 2.80. The highest BCUT2D eigenvalue weighted by Gasteiger charge is 2.18. The molecule has 0 spiro atoms. The molecule has 142 valence electrons. The number of fused-ring (bicyclic) bond motifs is 1. The van der Waals surface area contributed by atoms with Gasteiger partial charge in [0.25, 0.3) is 5.89 Å². The van der Waals surface area contributed by atoms with Gasteiger partial charge in [0.2, 0.25) is 5.82 Å². The number of halogens is 1. The fraction of sp³-hybridized carbons (Fsp3) is 0.0500. The molecule has 0 unspecified atom stereocenters. The van der Waals surface area contributed by atoms with Crippen LogP contribution in [0.5, 0.6) is 0 Å². The Hall–Kier alpha value is -4.14. The van der Waals surface area contributed by atoms with E-state index in [9.17, 15) is 9.18 Å². The number of hydrogen-bond acceptors (Lipinski definition) is 6. The molecule has 4 heterocycles. The second kappa shape index (κ2) is 6.79. The molecule has 0 aliphatic heterocycles. The van der Waals surface area contributed by atoms with Crippen LogP contribution >= 0.6 is 0 Å². The van der Waals surface area contributed by atoms with E-state index in [1.807, 2.05) is 12.1 Å². The molecule has 5 aromatic rings. The summed E-state index contributed by atoms with van der Waals surface area (Å²) in [6, 6.07) is 14.8. The maximum atomic E-state index is 13.5. The Morgan fingerprint density at radius 2 is 2.00 bits per heavy atom. The Kier molecular flexibility index (Phi) is 3.98. The van der Waals surface area contributed by atoms with Gasteiger partial charge in [0.15, 0.2) is 5.65 Å². The van der Waals surface area contributed by atoms with Crippen molar-refractivity contribution >= 4 is 5.65 Å². The SMILES string of the molecule is O=c1n(Cc2ccccn2)nc2c(-c3nc(-c4cccc(F)c4)no3)cccn12. The summed E-state index contributed by atoms with van der Waals surface area (Å²) >= 11 is 0. The molecular formula is C20H13FN6O2. The van der Waals surface area contributed by atoms with E-state index in [2.05, 4.69) is 20.2 Å². The van der Waals surface area contributed by atoms with Crippen LogP contribution < -0.4 is 5.69 Å². The summed E-state index contributed by atoms with van der Waals surface area (Å²) in [5.74, 6) is 0.0392. The second-order valence-electron chi connectivity index (χ2n) is 6.31. The van der Waals surface area contributed by atoms with E-state index in [0.717, 1.165) is 0 Å². The number of aromatic nitrogens is 6. The first-order valence-electron chi connectivity index (χ1n) is 8.77. The van der Waals surface area contributed by atoms with E-state index >= 15 is 0 Å². The highest BCUT2D eigenvalue weighted by atomic mass is 19.1. The summed E-state index contributed by atoms with van der Waals surface area (Å²) in [7, 11) is 0. The molecule has 0 saturated carbocycles. The van der Waals surface area contributed by atoms with Crippen molar-refractivity contribution in [1.82, 2.24) is 29.3 Å². The van der Waals surface area contributed by atoms with Crippen LogP contribution in [-0.4, -0.2) is 29.3 Å². The molecule has 0 amide bonds. The Morgan fingerprint density at radius 3 is 2.83 bits per heavy atom. The van der Waals surface area contributed by atoms with Crippen LogP contribution in [0.15, 0.2) is 76.3 Å². The first-order chi connectivity index (χ1) is 14.2. The summed E-state index contributed by atoms with van der Waals surface area (Å²) in [5.41, 5.74) is 1.77. The maximum absolute atomic E-state index is 13.5. The van der Waals surface area contributed by atoms with Crippen molar-refractivity contribution < 1.29 is 8.91 Å². The zero-order chi connectivity index (χ0) is 19.8. The lowest BCUT2D eigenvalue weighted by Gasteiger charge is -1.97. The number of hydrogen-bond donors (Lipinski definition) is 0. The molecule has 0 N–H and O–H groups in total. The first kappa shape index (κ1) is 17.0. The Balaban J connectivity index is 1.58. The third kappa shape index (κ3) is 3.08. The fourth-order valence-corrected chi connectivity index (χ4v) is 3.03. The summed E-state index contributed by atoms with van der Waals surface area (Å²) in [4.78, 5) is 21.3. The molecule has 29 heavy (non-hydrogen) atoms. The van der Waals surface area contributed by atoms with E-state index < -0.39 is 5.82 Å². The average Bonchev–Trinajstić information content (AvgIpc) is 3.35. The third-order valence-corrected chi connectivity index (χ3v) is 4.39. The highest BCUT2D eigenvalue weighted by molar-refractivity contribution is 5.72. The molecule has 8 nitrogen and oxygen atoms in total. The standard InChI is InChI=1S/C20H13FN6O2/c21-14-6-3-5-13(11-14)17-23-19(29-25-17)16-8-4-10-26-18(16)24-27(20(26)28)12-15-7-1-2-9-22-15/h1-11H,12H2. The summed E-state index contributed by atoms with van der Waals surface area (Å²) < 4.78 is 21.6. The van der Waals surface area contributed by atoms with Crippen molar-refractivity contribution in [2.75, 3.05) is 0 Å². The van der Waals surface area contributed by atoms with Gasteiger partial charge in [-0.05, 0) is 36.4 Å². The van der Waals surface area contributed by atoms with Crippen LogP contribution in [0, 0.1) is 5.82 Å². The number of pyridine rings is 2. The van der Waals surface area contributed by atoms with E-state index in [4.69, 9.17) is 4.52 Å². The van der Waals surface area contributed by atoms with Crippen LogP contribution in [0.4, 0.5) is 4.39 Å². The number of rotatable bonds is 4. The Labute approximate surface area is 162 Å². The van der Waals surface area contributed by atoms with Crippen LogP contribution in [0.3, 0.4) is 0 Å². The summed E-state index contributed by atoms with van der Waals surface area (Å²) in [6.45, 7) is 0.235. The van der Waals surface area contributed by atoms with Gasteiger partial charge in [-0.2, -0.15) is 4.98 Å². The minimum Gasteiger partial charge on any atom is -0.333 e. The van der Waals surface area contributed by atoms with Crippen LogP contribution in [0.25, 0.3) is 28.5 Å². The van der Waals surface area contributed by atoms with Crippen LogP contribution in [-0.2, 0) is 6.54 Å². The van der Waals surface area contributed by atoms with E-state index in [0.29, 0.717) is 22.5 Å². The quantitative estimate of drug-likeness (QED) is 0.470. The maximum Gasteiger partial charge on any atom is 0.350 e. The van der Waals surface area contributed by atoms with Gasteiger partial charge in [-0.3, -0.25) is 4.98 Å². The molecule has 0 saturated heterocycles. The van der Waals surface area contributed by atoms with Crippen LogP contribution in [0.2, 0.25) is 0 Å². The predicted molar refractivity (Wildman–Crippen MR) is 101 cm³/mol. The summed E-state index contributed by atoms with van der Waals surface area (Å²) in [6.07, 6.45) is 3.28. The molecule has 4 aromatic heterocycles. The normalized spacial score (nSPS) is 11.2. The lowest BCUT2D eigenvalue weighted by Crippen LogP contribution is -2.21. The van der Waals surface area contributed by atoms with Crippen LogP contribution in [0.1, 0.15) is 5.69 Å². The zero-order valence-electron chi connectivity index (χ0n) is 14.9. The zero-order valence-corrected chi connectivity index (χ0v) is 14.9. The van der Waals surface area contributed by atoms with Crippen molar-refractivity contribution in [3.8, 4) is 22.8 Å². The molecule has 1 aromatic carbocycles.